The lowest BCUT2D eigenvalue weighted by atomic mass is 10.1. The highest BCUT2D eigenvalue weighted by atomic mass is 32.1. The lowest BCUT2D eigenvalue weighted by Gasteiger charge is -2.06. The number of benzene rings is 1. The van der Waals surface area contributed by atoms with E-state index in [0.29, 0.717) is 0 Å². The van der Waals surface area contributed by atoms with Crippen molar-refractivity contribution in [1.29, 1.82) is 0 Å². The second-order valence-corrected chi connectivity index (χ2v) is 4.67. The summed E-state index contributed by atoms with van der Waals surface area (Å²) < 4.78 is 37.1. The molecule has 2 rings (SSSR count). The molecule has 0 aliphatic rings. The van der Waals surface area contributed by atoms with Crippen molar-refractivity contribution in [3.63, 3.8) is 0 Å². The molecule has 0 fully saturated rings. The molecule has 5 heteroatoms. The topological polar surface area (TPSA) is 20.2 Å². The largest absolute Gasteiger partial charge is 0.416 e. The van der Waals surface area contributed by atoms with Gasteiger partial charge in [0.2, 0.25) is 0 Å². The number of aliphatic hydroxyl groups is 1. The summed E-state index contributed by atoms with van der Waals surface area (Å²) in [5.74, 6) is 0. The fourth-order valence-electron chi connectivity index (χ4n) is 1.44. The molecule has 0 aliphatic heterocycles. The number of hydrogen-bond acceptors (Lipinski definition) is 2. The van der Waals surface area contributed by atoms with Crippen molar-refractivity contribution < 1.29 is 18.3 Å². The van der Waals surface area contributed by atoms with E-state index < -0.39 is 11.7 Å². The van der Waals surface area contributed by atoms with E-state index in [1.54, 1.807) is 12.1 Å². The molecule has 0 amide bonds. The zero-order chi connectivity index (χ0) is 12.5. The molecule has 1 aromatic heterocycles. The van der Waals surface area contributed by atoms with Crippen LogP contribution in [0.15, 0.2) is 36.4 Å². The summed E-state index contributed by atoms with van der Waals surface area (Å²) in [4.78, 5) is 1.64. The number of rotatable bonds is 2. The molecule has 1 aromatic carbocycles. The lowest BCUT2D eigenvalue weighted by molar-refractivity contribution is -0.137. The molecule has 2 aromatic rings. The maximum atomic E-state index is 12.4. The van der Waals surface area contributed by atoms with Crippen molar-refractivity contribution in [2.75, 3.05) is 0 Å². The minimum absolute atomic E-state index is 0.0503. The lowest BCUT2D eigenvalue weighted by Crippen LogP contribution is -2.03. The molecule has 90 valence electrons. The molecule has 17 heavy (non-hydrogen) atoms. The first-order chi connectivity index (χ1) is 8.00. The van der Waals surface area contributed by atoms with Crippen LogP contribution in [0.2, 0.25) is 0 Å². The SMILES string of the molecule is OCc1ccc(-c2ccc(C(F)(F)F)cc2)s1. The number of thiophene rings is 1. The molecule has 0 radical (unpaired) electrons. The smallest absolute Gasteiger partial charge is 0.391 e. The van der Waals surface area contributed by atoms with Gasteiger partial charge in [0.05, 0.1) is 12.2 Å². The number of alkyl halides is 3. The molecule has 1 N–H and O–H groups in total. The van der Waals surface area contributed by atoms with Crippen LogP contribution in [0.25, 0.3) is 10.4 Å². The van der Waals surface area contributed by atoms with E-state index in [1.807, 2.05) is 0 Å². The van der Waals surface area contributed by atoms with Gasteiger partial charge in [-0.15, -0.1) is 11.3 Å². The molecule has 0 aliphatic carbocycles. The third-order valence-electron chi connectivity index (χ3n) is 2.31. The molecular formula is C12H9F3OS. The fourth-order valence-corrected chi connectivity index (χ4v) is 2.31. The van der Waals surface area contributed by atoms with Crippen LogP contribution in [-0.2, 0) is 12.8 Å². The van der Waals surface area contributed by atoms with E-state index in [2.05, 4.69) is 0 Å². The van der Waals surface area contributed by atoms with Gasteiger partial charge in [0.25, 0.3) is 0 Å². The Kier molecular flexibility index (Phi) is 3.22. The highest BCUT2D eigenvalue weighted by Crippen LogP contribution is 2.33. The van der Waals surface area contributed by atoms with E-state index in [4.69, 9.17) is 5.11 Å². The average molecular weight is 258 g/mol. The second kappa shape index (κ2) is 4.50. The van der Waals surface area contributed by atoms with Crippen molar-refractivity contribution in [2.24, 2.45) is 0 Å². The van der Waals surface area contributed by atoms with Crippen LogP contribution in [0.4, 0.5) is 13.2 Å². The van der Waals surface area contributed by atoms with Crippen molar-refractivity contribution in [1.82, 2.24) is 0 Å². The zero-order valence-corrected chi connectivity index (χ0v) is 9.48. The Hall–Kier alpha value is -1.33. The van der Waals surface area contributed by atoms with Gasteiger partial charge in [0.1, 0.15) is 0 Å². The van der Waals surface area contributed by atoms with Crippen LogP contribution >= 0.6 is 11.3 Å². The van der Waals surface area contributed by atoms with Crippen LogP contribution in [0.5, 0.6) is 0 Å². The van der Waals surface area contributed by atoms with Crippen LogP contribution in [0.3, 0.4) is 0 Å². The minimum Gasteiger partial charge on any atom is -0.391 e. The quantitative estimate of drug-likeness (QED) is 0.865. The summed E-state index contributed by atoms with van der Waals surface area (Å²) in [6.45, 7) is -0.0503. The second-order valence-electron chi connectivity index (χ2n) is 3.50. The Morgan fingerprint density at radius 1 is 1.00 bits per heavy atom. The predicted molar refractivity (Wildman–Crippen MR) is 60.7 cm³/mol. The third-order valence-corrected chi connectivity index (χ3v) is 3.43. The Bertz CT molecular complexity index is 499. The number of hydrogen-bond donors (Lipinski definition) is 1. The van der Waals surface area contributed by atoms with Gasteiger partial charge >= 0.3 is 6.18 Å². The number of halogens is 3. The normalized spacial score (nSPS) is 11.8. The molecule has 0 saturated heterocycles. The highest BCUT2D eigenvalue weighted by molar-refractivity contribution is 7.15. The van der Waals surface area contributed by atoms with Gasteiger partial charge in [-0.05, 0) is 29.8 Å². The molecule has 0 atom stereocenters. The molecule has 1 heterocycles. The minimum atomic E-state index is -4.30. The van der Waals surface area contributed by atoms with Crippen LogP contribution in [0.1, 0.15) is 10.4 Å². The Morgan fingerprint density at radius 3 is 2.12 bits per heavy atom. The van der Waals surface area contributed by atoms with Gasteiger partial charge in [-0.2, -0.15) is 13.2 Å². The predicted octanol–water partition coefficient (Wildman–Crippen LogP) is 3.93. The molecule has 0 saturated carbocycles. The summed E-state index contributed by atoms with van der Waals surface area (Å²) in [6, 6.07) is 8.56. The average Bonchev–Trinajstić information content (AvgIpc) is 2.76. The molecule has 0 unspecified atom stereocenters. The number of aliphatic hydroxyl groups excluding tert-OH is 1. The monoisotopic (exact) mass is 258 g/mol. The van der Waals surface area contributed by atoms with Crippen molar-refractivity contribution in [3.8, 4) is 10.4 Å². The maximum absolute atomic E-state index is 12.4. The molecule has 1 nitrogen and oxygen atoms in total. The van der Waals surface area contributed by atoms with Crippen LogP contribution < -0.4 is 0 Å². The molecule has 0 bridgehead atoms. The first kappa shape index (κ1) is 12.1. The first-order valence-corrected chi connectivity index (χ1v) is 5.69. The Morgan fingerprint density at radius 2 is 1.65 bits per heavy atom. The molecular weight excluding hydrogens is 249 g/mol. The highest BCUT2D eigenvalue weighted by Gasteiger charge is 2.29. The first-order valence-electron chi connectivity index (χ1n) is 4.88. The van der Waals surface area contributed by atoms with Crippen molar-refractivity contribution >= 4 is 11.3 Å². The summed E-state index contributed by atoms with van der Waals surface area (Å²) in [5, 5.41) is 8.91. The zero-order valence-electron chi connectivity index (χ0n) is 8.66. The summed E-state index contributed by atoms with van der Waals surface area (Å²) in [7, 11) is 0. The summed E-state index contributed by atoms with van der Waals surface area (Å²) in [6.07, 6.45) is -4.30. The van der Waals surface area contributed by atoms with Gasteiger partial charge < -0.3 is 5.11 Å². The van der Waals surface area contributed by atoms with Gasteiger partial charge in [0.15, 0.2) is 0 Å². The van der Waals surface area contributed by atoms with E-state index in [-0.39, 0.29) is 6.61 Å². The van der Waals surface area contributed by atoms with Crippen LogP contribution in [-0.4, -0.2) is 5.11 Å². The van der Waals surface area contributed by atoms with Gasteiger partial charge in [-0.25, -0.2) is 0 Å². The third kappa shape index (κ3) is 2.68. The Labute approximate surface area is 100 Å². The van der Waals surface area contributed by atoms with Crippen molar-refractivity contribution in [2.45, 2.75) is 12.8 Å². The Balaban J connectivity index is 2.29. The van der Waals surface area contributed by atoms with Gasteiger partial charge in [-0.3, -0.25) is 0 Å². The standard InChI is InChI=1S/C12H9F3OS/c13-12(14,15)9-3-1-8(2-4-9)11-6-5-10(7-16)17-11/h1-6,16H,7H2. The maximum Gasteiger partial charge on any atom is 0.416 e. The van der Waals surface area contributed by atoms with E-state index in [9.17, 15) is 13.2 Å². The van der Waals surface area contributed by atoms with Crippen molar-refractivity contribution in [3.05, 3.63) is 46.8 Å². The fraction of sp³-hybridized carbons (Fsp3) is 0.167. The van der Waals surface area contributed by atoms with E-state index in [0.717, 1.165) is 27.5 Å². The van der Waals surface area contributed by atoms with Gasteiger partial charge in [-0.1, -0.05) is 12.1 Å². The summed E-state index contributed by atoms with van der Waals surface area (Å²) >= 11 is 1.37. The van der Waals surface area contributed by atoms with E-state index in [1.165, 1.54) is 23.5 Å². The summed E-state index contributed by atoms with van der Waals surface area (Å²) in [5.41, 5.74) is 0.0721. The van der Waals surface area contributed by atoms with Gasteiger partial charge in [0, 0.05) is 9.75 Å². The molecule has 0 spiro atoms. The van der Waals surface area contributed by atoms with E-state index >= 15 is 0 Å². The van der Waals surface area contributed by atoms with Crippen LogP contribution in [0, 0.1) is 0 Å².